The first-order valence-corrected chi connectivity index (χ1v) is 12.4. The monoisotopic (exact) mass is 504 g/mol. The van der Waals surface area contributed by atoms with Crippen LogP contribution in [0, 0.1) is 5.92 Å². The first-order chi connectivity index (χ1) is 16.7. The van der Waals surface area contributed by atoms with Crippen molar-refractivity contribution in [3.05, 3.63) is 41.2 Å². The lowest BCUT2D eigenvalue weighted by molar-refractivity contribution is -0.124. The molecule has 3 heterocycles. The lowest BCUT2D eigenvalue weighted by Gasteiger charge is -2.35. The second-order valence-electron chi connectivity index (χ2n) is 8.88. The molecule has 12 heteroatoms. The number of carbonyl (C=O) groups excluding carboxylic acids is 3. The van der Waals surface area contributed by atoms with Crippen molar-refractivity contribution >= 4 is 34.4 Å². The van der Waals surface area contributed by atoms with Crippen molar-refractivity contribution in [2.24, 2.45) is 5.92 Å². The number of anilines is 1. The molecule has 3 rings (SSSR count). The Labute approximate surface area is 208 Å². The number of pyridine rings is 1. The highest BCUT2D eigenvalue weighted by Crippen LogP contribution is 2.24. The van der Waals surface area contributed by atoms with Gasteiger partial charge in [0.1, 0.15) is 18.3 Å². The molecule has 3 N–H and O–H groups in total. The molecule has 1 fully saturated rings. The first kappa shape index (κ1) is 26.4. The molecule has 2 aromatic rings. The fourth-order valence-electron chi connectivity index (χ4n) is 3.63. The summed E-state index contributed by atoms with van der Waals surface area (Å²) in [5, 5.41) is 4.93. The van der Waals surface area contributed by atoms with Gasteiger partial charge in [0.2, 0.25) is 0 Å². The second-order valence-corrected chi connectivity index (χ2v) is 9.72. The van der Waals surface area contributed by atoms with E-state index >= 15 is 0 Å². The van der Waals surface area contributed by atoms with Gasteiger partial charge in [-0.3, -0.25) is 25.4 Å². The first-order valence-electron chi connectivity index (χ1n) is 11.5. The number of thiazole rings is 1. The molecular weight excluding hydrogens is 472 g/mol. The number of nitrogens with one attached hydrogen (secondary N) is 3. The maximum atomic E-state index is 12.7. The van der Waals surface area contributed by atoms with Gasteiger partial charge in [-0.05, 0) is 43.9 Å². The zero-order valence-corrected chi connectivity index (χ0v) is 21.1. The van der Waals surface area contributed by atoms with Gasteiger partial charge in [0.05, 0.1) is 12.2 Å². The average Bonchev–Trinajstić information content (AvgIpc) is 3.31. The summed E-state index contributed by atoms with van der Waals surface area (Å²) in [7, 11) is 0. The SMILES string of the molecule is CC(C)C[C@H](NC(=O)OCc1ccncc1)C(=O)NNC(=O)c1csc(N2C[C@@H](C)O[C@@H](C)C2)n1. The lowest BCUT2D eigenvalue weighted by Crippen LogP contribution is -2.52. The molecule has 0 spiro atoms. The average molecular weight is 505 g/mol. The highest BCUT2D eigenvalue weighted by atomic mass is 32.1. The molecule has 0 aliphatic carbocycles. The molecule has 3 amide bonds. The number of amides is 3. The molecule has 35 heavy (non-hydrogen) atoms. The van der Waals surface area contributed by atoms with Crippen LogP contribution >= 0.6 is 11.3 Å². The third-order valence-corrected chi connectivity index (χ3v) is 6.05. The summed E-state index contributed by atoms with van der Waals surface area (Å²) in [6.07, 6.45) is 2.97. The Morgan fingerprint density at radius 3 is 2.51 bits per heavy atom. The van der Waals surface area contributed by atoms with Crippen molar-refractivity contribution in [3.8, 4) is 0 Å². The Bertz CT molecular complexity index is 991. The summed E-state index contributed by atoms with van der Waals surface area (Å²) in [5.41, 5.74) is 5.73. The van der Waals surface area contributed by atoms with Gasteiger partial charge >= 0.3 is 6.09 Å². The van der Waals surface area contributed by atoms with E-state index < -0.39 is 23.9 Å². The van der Waals surface area contributed by atoms with Gasteiger partial charge in [0, 0.05) is 30.9 Å². The van der Waals surface area contributed by atoms with E-state index in [4.69, 9.17) is 9.47 Å². The van der Waals surface area contributed by atoms with Gasteiger partial charge in [-0.25, -0.2) is 9.78 Å². The molecule has 0 aromatic carbocycles. The topological polar surface area (TPSA) is 135 Å². The molecule has 1 aliphatic heterocycles. The summed E-state index contributed by atoms with van der Waals surface area (Å²) < 4.78 is 10.9. The maximum absolute atomic E-state index is 12.7. The van der Waals surface area contributed by atoms with E-state index in [1.54, 1.807) is 29.9 Å². The van der Waals surface area contributed by atoms with E-state index in [2.05, 4.69) is 31.0 Å². The minimum absolute atomic E-state index is 0.0496. The second kappa shape index (κ2) is 12.5. The predicted octanol–water partition coefficient (Wildman–Crippen LogP) is 2.25. The smallest absolute Gasteiger partial charge is 0.408 e. The molecule has 2 aromatic heterocycles. The Hall–Kier alpha value is -3.25. The summed E-state index contributed by atoms with van der Waals surface area (Å²) in [5.74, 6) is -0.987. The van der Waals surface area contributed by atoms with Crippen molar-refractivity contribution in [1.29, 1.82) is 0 Å². The number of hydrogen-bond donors (Lipinski definition) is 3. The van der Waals surface area contributed by atoms with Crippen molar-refractivity contribution in [2.75, 3.05) is 18.0 Å². The quantitative estimate of drug-likeness (QED) is 0.466. The Balaban J connectivity index is 1.51. The number of alkyl carbamates (subject to hydrolysis) is 1. The van der Waals surface area contributed by atoms with Crippen LogP contribution in [-0.4, -0.2) is 59.2 Å². The predicted molar refractivity (Wildman–Crippen MR) is 131 cm³/mol. The fraction of sp³-hybridized carbons (Fsp3) is 0.522. The normalized spacial score (nSPS) is 18.6. The Kier molecular flexibility index (Phi) is 9.38. The van der Waals surface area contributed by atoms with E-state index in [0.29, 0.717) is 19.5 Å². The standard InChI is InChI=1S/C23H32N6O5S/c1-14(2)9-18(26-23(32)33-12-17-5-7-24-8-6-17)20(30)27-28-21(31)19-13-35-22(25-19)29-10-15(3)34-16(4)11-29/h5-8,13-16,18H,9-12H2,1-4H3,(H,26,32)(H,27,30)(H,28,31)/t15-,16+,18-/m0/s1. The number of morpholine rings is 1. The van der Waals surface area contributed by atoms with E-state index in [0.717, 1.165) is 10.7 Å². The fourth-order valence-corrected chi connectivity index (χ4v) is 4.46. The largest absolute Gasteiger partial charge is 0.445 e. The molecule has 1 aliphatic rings. The van der Waals surface area contributed by atoms with Gasteiger partial charge < -0.3 is 19.7 Å². The minimum Gasteiger partial charge on any atom is -0.445 e. The minimum atomic E-state index is -0.887. The number of aromatic nitrogens is 2. The van der Waals surface area contributed by atoms with Gasteiger partial charge in [-0.1, -0.05) is 13.8 Å². The molecule has 0 bridgehead atoms. The van der Waals surface area contributed by atoms with Crippen molar-refractivity contribution < 1.29 is 23.9 Å². The van der Waals surface area contributed by atoms with Crippen LogP contribution in [0.15, 0.2) is 29.9 Å². The highest BCUT2D eigenvalue weighted by molar-refractivity contribution is 7.13. The van der Waals surface area contributed by atoms with Crippen LogP contribution in [0.5, 0.6) is 0 Å². The van der Waals surface area contributed by atoms with E-state index in [1.165, 1.54) is 11.3 Å². The summed E-state index contributed by atoms with van der Waals surface area (Å²) in [6.45, 7) is 9.27. The van der Waals surface area contributed by atoms with Crippen LogP contribution in [0.25, 0.3) is 0 Å². The number of hydrogen-bond acceptors (Lipinski definition) is 9. The van der Waals surface area contributed by atoms with Gasteiger partial charge in [0.25, 0.3) is 11.8 Å². The maximum Gasteiger partial charge on any atom is 0.408 e. The third-order valence-electron chi connectivity index (χ3n) is 5.15. The molecule has 1 saturated heterocycles. The molecular formula is C23H32N6O5S. The molecule has 11 nitrogen and oxygen atoms in total. The van der Waals surface area contributed by atoms with Crippen LogP contribution in [0.4, 0.5) is 9.93 Å². The molecule has 0 radical (unpaired) electrons. The number of nitrogens with zero attached hydrogens (tertiary/aromatic N) is 3. The number of hydrazine groups is 1. The summed E-state index contributed by atoms with van der Waals surface area (Å²) >= 11 is 1.36. The van der Waals surface area contributed by atoms with Crippen molar-refractivity contribution in [2.45, 2.75) is 59.0 Å². The lowest BCUT2D eigenvalue weighted by atomic mass is 10.0. The summed E-state index contributed by atoms with van der Waals surface area (Å²) in [6, 6.07) is 2.57. The number of ether oxygens (including phenoxy) is 2. The molecule has 0 saturated carbocycles. The Morgan fingerprint density at radius 1 is 1.17 bits per heavy atom. The molecule has 3 atom stereocenters. The van der Waals surface area contributed by atoms with Crippen LogP contribution in [-0.2, 0) is 20.9 Å². The van der Waals surface area contributed by atoms with E-state index in [1.807, 2.05) is 27.7 Å². The third kappa shape index (κ3) is 8.18. The highest BCUT2D eigenvalue weighted by Gasteiger charge is 2.26. The van der Waals surface area contributed by atoms with Crippen LogP contribution in [0.3, 0.4) is 0 Å². The Morgan fingerprint density at radius 2 is 1.86 bits per heavy atom. The van der Waals surface area contributed by atoms with Gasteiger partial charge in [0.15, 0.2) is 5.13 Å². The zero-order valence-electron chi connectivity index (χ0n) is 20.3. The van der Waals surface area contributed by atoms with Crippen LogP contribution < -0.4 is 21.1 Å². The molecule has 190 valence electrons. The van der Waals surface area contributed by atoms with Gasteiger partial charge in [-0.15, -0.1) is 11.3 Å². The summed E-state index contributed by atoms with van der Waals surface area (Å²) in [4.78, 5) is 47.9. The van der Waals surface area contributed by atoms with Crippen molar-refractivity contribution in [3.63, 3.8) is 0 Å². The van der Waals surface area contributed by atoms with Crippen LogP contribution in [0.1, 0.15) is 50.2 Å². The zero-order chi connectivity index (χ0) is 25.4. The number of carbonyl (C=O) groups is 3. The van der Waals surface area contributed by atoms with Crippen LogP contribution in [0.2, 0.25) is 0 Å². The van der Waals surface area contributed by atoms with E-state index in [-0.39, 0.29) is 30.4 Å². The molecule has 0 unspecified atom stereocenters. The van der Waals surface area contributed by atoms with Crippen molar-refractivity contribution in [1.82, 2.24) is 26.1 Å². The van der Waals surface area contributed by atoms with Gasteiger partial charge in [-0.2, -0.15) is 0 Å². The number of rotatable bonds is 8. The van der Waals surface area contributed by atoms with E-state index in [9.17, 15) is 14.4 Å².